The van der Waals surface area contributed by atoms with Gasteiger partial charge in [0.05, 0.1) is 47.4 Å². The lowest BCUT2D eigenvalue weighted by molar-refractivity contribution is -0.156. The molecule has 0 spiro atoms. The van der Waals surface area contributed by atoms with Gasteiger partial charge < -0.3 is 14.6 Å². The summed E-state index contributed by atoms with van der Waals surface area (Å²) in [5.74, 6) is -4.16. The fraction of sp³-hybridized carbons (Fsp3) is 0.459. The van der Waals surface area contributed by atoms with Gasteiger partial charge in [-0.2, -0.15) is 18.3 Å². The van der Waals surface area contributed by atoms with Crippen LogP contribution in [0.15, 0.2) is 52.1 Å². The average Bonchev–Trinajstić information content (AvgIpc) is 3.64. The summed E-state index contributed by atoms with van der Waals surface area (Å²) >= 11 is 0. The van der Waals surface area contributed by atoms with Gasteiger partial charge in [-0.25, -0.2) is 23.1 Å². The fourth-order valence-electron chi connectivity index (χ4n) is 6.25. The van der Waals surface area contributed by atoms with Crippen LogP contribution in [0.4, 0.5) is 22.0 Å². The molecule has 2 aromatic carbocycles. The highest BCUT2D eigenvalue weighted by Crippen LogP contribution is 2.56. The first kappa shape index (κ1) is 40.2. The minimum atomic E-state index is -4.76. The molecule has 0 bridgehead atoms. The zero-order chi connectivity index (χ0) is 40.1. The lowest BCUT2D eigenvalue weighted by Gasteiger charge is -2.38. The number of nitrogens with zero attached hydrogens (tertiary/aromatic N) is 4. The van der Waals surface area contributed by atoms with Crippen LogP contribution in [0, 0.1) is 11.6 Å². The van der Waals surface area contributed by atoms with Gasteiger partial charge in [-0.3, -0.25) is 18.6 Å². The first-order valence-electron chi connectivity index (χ1n) is 17.5. The Kier molecular flexibility index (Phi) is 10.7. The average molecular weight is 794 g/mol. The first-order chi connectivity index (χ1) is 25.6. The summed E-state index contributed by atoms with van der Waals surface area (Å²) in [5.41, 5.74) is -4.85. The molecule has 55 heavy (non-hydrogen) atoms. The van der Waals surface area contributed by atoms with E-state index in [-0.39, 0.29) is 71.7 Å². The molecule has 6 rings (SSSR count). The molecule has 4 aromatic rings. The Balaban J connectivity index is 1.37. The van der Waals surface area contributed by atoms with E-state index in [1.807, 2.05) is 0 Å². The number of aromatic amines is 1. The largest absolute Gasteiger partial charge is 0.479 e. The van der Waals surface area contributed by atoms with Gasteiger partial charge in [0.25, 0.3) is 0 Å². The molecule has 0 radical (unpaired) electrons. The summed E-state index contributed by atoms with van der Waals surface area (Å²) in [4.78, 5) is 20.8. The Morgan fingerprint density at radius 3 is 2.33 bits per heavy atom. The zero-order valence-corrected chi connectivity index (χ0v) is 31.9. The standard InChI is InChI=1S/C37H41F5N5O7P/c1-34(2,3)53-55(50,54-35(4,5)6)51-16-8-15-36(33(48)49,47-20-29-28(19-43-47)44-32(45-29)24-9-7-10-26(38)31(24)39)30-18-27(46-52-30)23-14-13-22(21-11-12-21)17-25(23)37(40,41)42/h7,9-10,13-14,17-19,21H,8,11-12,15-16,20H2,1-6H3,(H,44,45)(H,48,49). The Morgan fingerprint density at radius 2 is 1.71 bits per heavy atom. The van der Waals surface area contributed by atoms with Gasteiger partial charge in [-0.05, 0) is 96.9 Å². The molecular weight excluding hydrogens is 752 g/mol. The number of aliphatic carboxylic acids is 1. The van der Waals surface area contributed by atoms with E-state index in [0.29, 0.717) is 5.56 Å². The summed E-state index contributed by atoms with van der Waals surface area (Å²) < 4.78 is 108. The van der Waals surface area contributed by atoms with Crippen LogP contribution in [-0.4, -0.2) is 55.2 Å². The van der Waals surface area contributed by atoms with Crippen LogP contribution >= 0.6 is 7.82 Å². The van der Waals surface area contributed by atoms with Gasteiger partial charge in [-0.1, -0.05) is 23.4 Å². The van der Waals surface area contributed by atoms with Crippen LogP contribution in [0.2, 0.25) is 0 Å². The number of imidazole rings is 1. The van der Waals surface area contributed by atoms with Crippen LogP contribution in [0.3, 0.4) is 0 Å². The van der Waals surface area contributed by atoms with E-state index in [1.165, 1.54) is 24.4 Å². The van der Waals surface area contributed by atoms with Crippen molar-refractivity contribution in [2.24, 2.45) is 5.10 Å². The van der Waals surface area contributed by atoms with Crippen molar-refractivity contribution >= 4 is 20.0 Å². The molecule has 2 N–H and O–H groups in total. The third-order valence-electron chi connectivity index (χ3n) is 8.73. The molecule has 2 aromatic heterocycles. The van der Waals surface area contributed by atoms with Crippen LogP contribution in [0.1, 0.15) is 101 Å². The number of H-pyrrole nitrogens is 1. The number of phosphoric acid groups is 1. The Morgan fingerprint density at radius 1 is 1.02 bits per heavy atom. The number of hydrogen-bond acceptors (Lipinski definition) is 10. The molecule has 296 valence electrons. The molecule has 1 saturated carbocycles. The van der Waals surface area contributed by atoms with Crippen molar-refractivity contribution in [2.45, 2.75) is 103 Å². The second-order valence-corrected chi connectivity index (χ2v) is 17.0. The van der Waals surface area contributed by atoms with Gasteiger partial charge in [0, 0.05) is 11.6 Å². The molecule has 3 heterocycles. The lowest BCUT2D eigenvalue weighted by atomic mass is 9.88. The van der Waals surface area contributed by atoms with Crippen LogP contribution in [-0.2, 0) is 41.2 Å². The fourth-order valence-corrected chi connectivity index (χ4v) is 8.09. The summed E-state index contributed by atoms with van der Waals surface area (Å²) in [6.45, 7) is 9.27. The smallest absolute Gasteiger partial charge is 0.475 e. The number of carboxylic acids is 1. The maximum absolute atomic E-state index is 14.7. The van der Waals surface area contributed by atoms with Crippen molar-refractivity contribution < 1.29 is 54.5 Å². The number of aromatic nitrogens is 3. The second-order valence-electron chi connectivity index (χ2n) is 15.5. The number of hydrogen-bond donors (Lipinski definition) is 2. The van der Waals surface area contributed by atoms with Gasteiger partial charge in [0.1, 0.15) is 17.2 Å². The minimum Gasteiger partial charge on any atom is -0.479 e. The number of alkyl halides is 3. The van der Waals surface area contributed by atoms with Crippen LogP contribution in [0.5, 0.6) is 0 Å². The first-order valence-corrected chi connectivity index (χ1v) is 19.0. The second kappa shape index (κ2) is 14.6. The van der Waals surface area contributed by atoms with Crippen molar-refractivity contribution in [2.75, 3.05) is 6.61 Å². The zero-order valence-electron chi connectivity index (χ0n) is 31.0. The number of carboxylic acid groups (broad SMARTS) is 1. The SMILES string of the molecule is CC(C)(C)OP(=O)(OCCCC(C(=O)O)(c1cc(-c2ccc(C3CC3)cc2C(F)(F)F)no1)N1Cc2[nH]c(-c3cccc(F)c3F)nc2C=N1)OC(C)(C)C. The van der Waals surface area contributed by atoms with Crippen molar-refractivity contribution in [1.29, 1.82) is 0 Å². The molecule has 18 heteroatoms. The number of benzene rings is 2. The molecular formula is C37H41F5N5O7P. The summed E-state index contributed by atoms with van der Waals surface area (Å²) in [5, 5.41) is 20.4. The number of phosphoric ester groups is 1. The minimum absolute atomic E-state index is 0.0325. The van der Waals surface area contributed by atoms with Crippen molar-refractivity contribution in [3.63, 3.8) is 0 Å². The third-order valence-corrected chi connectivity index (χ3v) is 10.8. The quantitative estimate of drug-likeness (QED) is 0.0761. The molecule has 0 saturated heterocycles. The van der Waals surface area contributed by atoms with E-state index in [0.717, 1.165) is 36.0 Å². The molecule has 0 amide bonds. The van der Waals surface area contributed by atoms with E-state index in [9.17, 15) is 36.4 Å². The summed E-state index contributed by atoms with van der Waals surface area (Å²) in [6.07, 6.45) is -2.50. The van der Waals surface area contributed by atoms with E-state index >= 15 is 0 Å². The van der Waals surface area contributed by atoms with Gasteiger partial charge in [0.2, 0.25) is 5.54 Å². The number of nitrogens with one attached hydrogen (secondary N) is 1. The Bertz CT molecular complexity index is 2130. The highest BCUT2D eigenvalue weighted by molar-refractivity contribution is 7.48. The monoisotopic (exact) mass is 793 g/mol. The Hall–Kier alpha value is -4.44. The lowest BCUT2D eigenvalue weighted by Crippen LogP contribution is -2.50. The highest BCUT2D eigenvalue weighted by Gasteiger charge is 2.51. The molecule has 12 nitrogen and oxygen atoms in total. The number of carbonyl (C=O) groups is 1. The molecule has 1 atom stereocenters. The van der Waals surface area contributed by atoms with Crippen molar-refractivity contribution in [3.05, 3.63) is 82.4 Å². The number of halogens is 5. The van der Waals surface area contributed by atoms with Crippen LogP contribution in [0.25, 0.3) is 22.6 Å². The molecule has 2 aliphatic rings. The van der Waals surface area contributed by atoms with Crippen LogP contribution < -0.4 is 0 Å². The van der Waals surface area contributed by atoms with E-state index in [2.05, 4.69) is 20.2 Å². The normalized spacial score (nSPS) is 16.3. The topological polar surface area (TPSA) is 152 Å². The number of hydrazone groups is 1. The molecule has 1 unspecified atom stereocenters. The summed E-state index contributed by atoms with van der Waals surface area (Å²) in [6, 6.07) is 8.64. The van der Waals surface area contributed by atoms with Crippen molar-refractivity contribution in [3.8, 4) is 22.6 Å². The molecule has 1 fully saturated rings. The third kappa shape index (κ3) is 8.85. The highest BCUT2D eigenvalue weighted by atomic mass is 31.2. The maximum atomic E-state index is 14.7. The van der Waals surface area contributed by atoms with Gasteiger partial charge >= 0.3 is 20.0 Å². The molecule has 1 aliphatic heterocycles. The van der Waals surface area contributed by atoms with Gasteiger partial charge in [-0.15, -0.1) is 0 Å². The van der Waals surface area contributed by atoms with E-state index < -0.39 is 53.9 Å². The maximum Gasteiger partial charge on any atom is 0.475 e. The van der Waals surface area contributed by atoms with Crippen molar-refractivity contribution in [1.82, 2.24) is 20.1 Å². The predicted molar refractivity (Wildman–Crippen MR) is 190 cm³/mol. The van der Waals surface area contributed by atoms with Gasteiger partial charge in [0.15, 0.2) is 17.4 Å². The Labute approximate surface area is 313 Å². The number of fused-ring (bicyclic) bond motifs is 1. The van der Waals surface area contributed by atoms with E-state index in [4.69, 9.17) is 18.1 Å². The number of rotatable bonds is 13. The summed E-state index contributed by atoms with van der Waals surface area (Å²) in [7, 11) is -4.22. The predicted octanol–water partition coefficient (Wildman–Crippen LogP) is 9.57. The van der Waals surface area contributed by atoms with E-state index in [1.54, 1.807) is 47.6 Å². The molecule has 1 aliphatic carbocycles.